The molecular formula is C17H21NO3. The number of hydrogen-bond acceptors (Lipinski definition) is 2. The fraction of sp³-hybridized carbons (Fsp3) is 0.529. The van der Waals surface area contributed by atoms with E-state index in [1.54, 1.807) is 0 Å². The Morgan fingerprint density at radius 2 is 1.76 bits per heavy atom. The number of hydrogen-bond donors (Lipinski definition) is 2. The third-order valence-corrected chi connectivity index (χ3v) is 5.16. The van der Waals surface area contributed by atoms with Gasteiger partial charge >= 0.3 is 5.97 Å². The smallest absolute Gasteiger partial charge is 0.307 e. The first-order valence-corrected chi connectivity index (χ1v) is 7.66. The van der Waals surface area contributed by atoms with Gasteiger partial charge in [-0.25, -0.2) is 0 Å². The van der Waals surface area contributed by atoms with Crippen LogP contribution in [0.4, 0.5) is 0 Å². The number of carboxylic acids is 1. The Bertz CT molecular complexity index is 542. The van der Waals surface area contributed by atoms with Crippen molar-refractivity contribution >= 4 is 11.9 Å². The number of carboxylic acid groups (broad SMARTS) is 1. The van der Waals surface area contributed by atoms with E-state index in [2.05, 4.69) is 5.32 Å². The molecule has 0 aliphatic heterocycles. The fourth-order valence-corrected chi connectivity index (χ4v) is 4.16. The van der Waals surface area contributed by atoms with E-state index in [0.29, 0.717) is 0 Å². The number of benzene rings is 1. The van der Waals surface area contributed by atoms with Crippen molar-refractivity contribution in [3.63, 3.8) is 0 Å². The van der Waals surface area contributed by atoms with Crippen LogP contribution in [-0.2, 0) is 9.59 Å². The van der Waals surface area contributed by atoms with Crippen LogP contribution in [0.3, 0.4) is 0 Å². The summed E-state index contributed by atoms with van der Waals surface area (Å²) < 4.78 is 0. The second-order valence-electron chi connectivity index (χ2n) is 6.36. The Labute approximate surface area is 124 Å². The minimum atomic E-state index is -0.810. The van der Waals surface area contributed by atoms with Crippen molar-refractivity contribution in [1.82, 2.24) is 5.32 Å². The molecule has 3 rings (SSSR count). The van der Waals surface area contributed by atoms with Crippen LogP contribution in [0.5, 0.6) is 0 Å². The van der Waals surface area contributed by atoms with Crippen molar-refractivity contribution in [2.75, 3.05) is 0 Å². The van der Waals surface area contributed by atoms with Crippen molar-refractivity contribution in [1.29, 1.82) is 0 Å². The van der Waals surface area contributed by atoms with Crippen molar-refractivity contribution < 1.29 is 14.7 Å². The van der Waals surface area contributed by atoms with Crippen LogP contribution < -0.4 is 5.32 Å². The average molecular weight is 287 g/mol. The van der Waals surface area contributed by atoms with Gasteiger partial charge in [-0.2, -0.15) is 0 Å². The first kappa shape index (κ1) is 14.1. The highest BCUT2D eigenvalue weighted by atomic mass is 16.4. The molecule has 5 atom stereocenters. The summed E-state index contributed by atoms with van der Waals surface area (Å²) in [6.45, 7) is 1.94. The highest BCUT2D eigenvalue weighted by molar-refractivity contribution is 5.86. The fourth-order valence-electron chi connectivity index (χ4n) is 4.16. The summed E-state index contributed by atoms with van der Waals surface area (Å²) in [4.78, 5) is 24.0. The molecule has 0 saturated heterocycles. The third-order valence-electron chi connectivity index (χ3n) is 5.16. The molecule has 2 fully saturated rings. The van der Waals surface area contributed by atoms with E-state index in [9.17, 15) is 14.7 Å². The van der Waals surface area contributed by atoms with Crippen molar-refractivity contribution in [3.8, 4) is 0 Å². The van der Waals surface area contributed by atoms with E-state index in [4.69, 9.17) is 0 Å². The van der Waals surface area contributed by atoms with Gasteiger partial charge in [0.05, 0.1) is 17.9 Å². The van der Waals surface area contributed by atoms with Gasteiger partial charge in [0.1, 0.15) is 0 Å². The molecule has 2 saturated carbocycles. The van der Waals surface area contributed by atoms with Gasteiger partial charge < -0.3 is 10.4 Å². The SMILES string of the molecule is C[C@H](NC(=O)[C@@H]1[C@H]2CC[C@@H](C2)[C@H]1C(=O)O)c1ccccc1. The molecule has 0 spiro atoms. The van der Waals surface area contributed by atoms with Crippen LogP contribution in [0.1, 0.15) is 37.8 Å². The maximum Gasteiger partial charge on any atom is 0.307 e. The Kier molecular flexibility index (Phi) is 3.70. The van der Waals surface area contributed by atoms with E-state index in [-0.39, 0.29) is 29.7 Å². The van der Waals surface area contributed by atoms with Crippen molar-refractivity contribution in [3.05, 3.63) is 35.9 Å². The molecule has 4 heteroatoms. The second kappa shape index (κ2) is 5.51. The molecule has 0 radical (unpaired) electrons. The lowest BCUT2D eigenvalue weighted by Gasteiger charge is -2.28. The monoisotopic (exact) mass is 287 g/mol. The van der Waals surface area contributed by atoms with E-state index < -0.39 is 11.9 Å². The number of carbonyl (C=O) groups is 2. The Morgan fingerprint density at radius 3 is 2.38 bits per heavy atom. The molecule has 1 aromatic rings. The van der Waals surface area contributed by atoms with E-state index in [1.807, 2.05) is 37.3 Å². The Hall–Kier alpha value is -1.84. The topological polar surface area (TPSA) is 66.4 Å². The second-order valence-corrected chi connectivity index (χ2v) is 6.36. The quantitative estimate of drug-likeness (QED) is 0.894. The minimum Gasteiger partial charge on any atom is -0.481 e. The summed E-state index contributed by atoms with van der Waals surface area (Å²) in [6.07, 6.45) is 2.85. The molecule has 0 aromatic heterocycles. The van der Waals surface area contributed by atoms with Crippen LogP contribution in [0.25, 0.3) is 0 Å². The van der Waals surface area contributed by atoms with Gasteiger partial charge in [0.25, 0.3) is 0 Å². The summed E-state index contributed by atoms with van der Waals surface area (Å²) in [5, 5.41) is 12.4. The first-order chi connectivity index (χ1) is 10.1. The van der Waals surface area contributed by atoms with Crippen LogP contribution in [0.2, 0.25) is 0 Å². The summed E-state index contributed by atoms with van der Waals surface area (Å²) in [5.41, 5.74) is 1.04. The molecule has 0 unspecified atom stereocenters. The van der Waals surface area contributed by atoms with Crippen molar-refractivity contribution in [2.45, 2.75) is 32.2 Å². The van der Waals surface area contributed by atoms with Crippen LogP contribution in [-0.4, -0.2) is 17.0 Å². The van der Waals surface area contributed by atoms with Gasteiger partial charge in [-0.15, -0.1) is 0 Å². The standard InChI is InChI=1S/C17H21NO3/c1-10(11-5-3-2-4-6-11)18-16(19)14-12-7-8-13(9-12)15(14)17(20)21/h2-6,10,12-15H,7-9H2,1H3,(H,18,19)(H,20,21)/t10-,12-,13-,14+,15+/m0/s1. The zero-order valence-corrected chi connectivity index (χ0v) is 12.2. The normalized spacial score (nSPS) is 31.9. The average Bonchev–Trinajstić information content (AvgIpc) is 3.08. The van der Waals surface area contributed by atoms with Gasteiger partial charge in [-0.05, 0) is 43.6 Å². The van der Waals surface area contributed by atoms with Gasteiger partial charge in [-0.3, -0.25) is 9.59 Å². The van der Waals surface area contributed by atoms with E-state index in [1.165, 1.54) is 0 Å². The predicted molar refractivity (Wildman–Crippen MR) is 78.4 cm³/mol. The Balaban J connectivity index is 1.72. The number of carbonyl (C=O) groups excluding carboxylic acids is 1. The molecule has 21 heavy (non-hydrogen) atoms. The zero-order valence-electron chi connectivity index (χ0n) is 12.2. The molecule has 4 nitrogen and oxygen atoms in total. The predicted octanol–water partition coefficient (Wildman–Crippen LogP) is 2.61. The molecule has 2 aliphatic carbocycles. The first-order valence-electron chi connectivity index (χ1n) is 7.66. The lowest BCUT2D eigenvalue weighted by atomic mass is 9.78. The number of rotatable bonds is 4. The molecule has 112 valence electrons. The highest BCUT2D eigenvalue weighted by Gasteiger charge is 2.54. The lowest BCUT2D eigenvalue weighted by Crippen LogP contribution is -2.42. The summed E-state index contributed by atoms with van der Waals surface area (Å²) in [7, 11) is 0. The van der Waals surface area contributed by atoms with Crippen LogP contribution in [0, 0.1) is 23.7 Å². The Morgan fingerprint density at radius 1 is 1.14 bits per heavy atom. The summed E-state index contributed by atoms with van der Waals surface area (Å²) >= 11 is 0. The zero-order chi connectivity index (χ0) is 15.0. The number of aliphatic carboxylic acids is 1. The van der Waals surface area contributed by atoms with E-state index in [0.717, 1.165) is 24.8 Å². The number of amides is 1. The minimum absolute atomic E-state index is 0.0905. The number of nitrogens with one attached hydrogen (secondary N) is 1. The molecule has 0 heterocycles. The van der Waals surface area contributed by atoms with Gasteiger partial charge in [0.15, 0.2) is 0 Å². The van der Waals surface area contributed by atoms with Gasteiger partial charge in [-0.1, -0.05) is 30.3 Å². The van der Waals surface area contributed by atoms with Crippen LogP contribution >= 0.6 is 0 Å². The van der Waals surface area contributed by atoms with Gasteiger partial charge in [0.2, 0.25) is 5.91 Å². The molecule has 2 aliphatic rings. The number of fused-ring (bicyclic) bond motifs is 2. The third kappa shape index (κ3) is 2.55. The molecule has 2 N–H and O–H groups in total. The van der Waals surface area contributed by atoms with Crippen molar-refractivity contribution in [2.24, 2.45) is 23.7 Å². The van der Waals surface area contributed by atoms with Gasteiger partial charge in [0, 0.05) is 0 Å². The van der Waals surface area contributed by atoms with E-state index >= 15 is 0 Å². The molecule has 2 bridgehead atoms. The summed E-state index contributed by atoms with van der Waals surface area (Å²) in [6, 6.07) is 9.67. The molecule has 1 aromatic carbocycles. The van der Waals surface area contributed by atoms with Crippen LogP contribution in [0.15, 0.2) is 30.3 Å². The maximum absolute atomic E-state index is 12.6. The summed E-state index contributed by atoms with van der Waals surface area (Å²) in [5.74, 6) is -1.31. The lowest BCUT2D eigenvalue weighted by molar-refractivity contribution is -0.149. The maximum atomic E-state index is 12.6. The molecular weight excluding hydrogens is 266 g/mol. The largest absolute Gasteiger partial charge is 0.481 e. The molecule has 1 amide bonds. The highest BCUT2D eigenvalue weighted by Crippen LogP contribution is 2.52.